The number of hydrogen-bond donors (Lipinski definition) is 1. The van der Waals surface area contributed by atoms with Crippen molar-refractivity contribution in [3.05, 3.63) is 41.0 Å². The third-order valence-electron chi connectivity index (χ3n) is 4.97. The van der Waals surface area contributed by atoms with E-state index in [-0.39, 0.29) is 11.8 Å². The molecule has 0 spiro atoms. The number of rotatable bonds is 2. The van der Waals surface area contributed by atoms with E-state index in [4.69, 9.17) is 0 Å². The van der Waals surface area contributed by atoms with E-state index in [1.54, 1.807) is 0 Å². The van der Waals surface area contributed by atoms with Crippen LogP contribution in [0.1, 0.15) is 42.4 Å². The van der Waals surface area contributed by atoms with Crippen LogP contribution in [0.3, 0.4) is 0 Å². The molecule has 1 N–H and O–H groups in total. The summed E-state index contributed by atoms with van der Waals surface area (Å²) in [5, 5.41) is 3.19. The number of carbonyl (C=O) groups is 1. The first-order valence-corrected chi connectivity index (χ1v) is 8.13. The Hall–Kier alpha value is -1.57. The lowest BCUT2D eigenvalue weighted by Gasteiger charge is -2.13. The smallest absolute Gasteiger partial charge is 0.228 e. The number of aryl methyl sites for hydroxylation is 3. The molecule has 2 heteroatoms. The first-order chi connectivity index (χ1) is 10.1. The molecule has 1 amide bonds. The van der Waals surface area contributed by atoms with Gasteiger partial charge in [-0.05, 0) is 63.0 Å². The Kier molecular flexibility index (Phi) is 3.88. The maximum Gasteiger partial charge on any atom is 0.228 e. The fourth-order valence-corrected chi connectivity index (χ4v) is 3.88. The second-order valence-corrected chi connectivity index (χ2v) is 6.74. The second kappa shape index (κ2) is 5.67. The van der Waals surface area contributed by atoms with Crippen molar-refractivity contribution in [2.45, 2.75) is 46.5 Å². The summed E-state index contributed by atoms with van der Waals surface area (Å²) < 4.78 is 0. The average molecular weight is 283 g/mol. The van der Waals surface area contributed by atoms with E-state index in [0.29, 0.717) is 11.8 Å². The van der Waals surface area contributed by atoms with Crippen LogP contribution in [0.2, 0.25) is 0 Å². The lowest BCUT2D eigenvalue weighted by Crippen LogP contribution is -2.17. The minimum absolute atomic E-state index is 0.194. The highest BCUT2D eigenvalue weighted by molar-refractivity contribution is 5.96. The lowest BCUT2D eigenvalue weighted by molar-refractivity contribution is -0.117. The van der Waals surface area contributed by atoms with Crippen LogP contribution in [0.15, 0.2) is 24.3 Å². The zero-order chi connectivity index (χ0) is 15.0. The Labute approximate surface area is 127 Å². The van der Waals surface area contributed by atoms with Gasteiger partial charge < -0.3 is 5.32 Å². The molecule has 0 radical (unpaired) electrons. The molecule has 21 heavy (non-hydrogen) atoms. The normalized spacial score (nSPS) is 29.0. The maximum atomic E-state index is 12.6. The molecule has 1 fully saturated rings. The molecule has 2 aliphatic rings. The predicted molar refractivity (Wildman–Crippen MR) is 87.4 cm³/mol. The number of amides is 1. The number of hydrogen-bond acceptors (Lipinski definition) is 1. The highest BCUT2D eigenvalue weighted by Crippen LogP contribution is 2.52. The Morgan fingerprint density at radius 3 is 2.57 bits per heavy atom. The lowest BCUT2D eigenvalue weighted by atomic mass is 10.0. The van der Waals surface area contributed by atoms with Crippen molar-refractivity contribution < 1.29 is 4.79 Å². The molecular weight excluding hydrogens is 258 g/mol. The van der Waals surface area contributed by atoms with E-state index in [1.165, 1.54) is 31.2 Å². The van der Waals surface area contributed by atoms with Gasteiger partial charge in [-0.1, -0.05) is 36.3 Å². The van der Waals surface area contributed by atoms with Gasteiger partial charge in [-0.2, -0.15) is 0 Å². The van der Waals surface area contributed by atoms with E-state index in [1.807, 2.05) is 0 Å². The van der Waals surface area contributed by atoms with Gasteiger partial charge in [0.2, 0.25) is 5.91 Å². The summed E-state index contributed by atoms with van der Waals surface area (Å²) in [6.45, 7) is 6.25. The van der Waals surface area contributed by atoms with E-state index in [0.717, 1.165) is 16.8 Å². The average Bonchev–Trinajstić information content (AvgIpc) is 3.05. The summed E-state index contributed by atoms with van der Waals surface area (Å²) in [7, 11) is 0. The summed E-state index contributed by atoms with van der Waals surface area (Å²) >= 11 is 0. The summed E-state index contributed by atoms with van der Waals surface area (Å²) in [4.78, 5) is 12.6. The molecule has 1 aromatic carbocycles. The van der Waals surface area contributed by atoms with Crippen LogP contribution >= 0.6 is 0 Å². The van der Waals surface area contributed by atoms with Crippen LogP contribution in [-0.4, -0.2) is 5.91 Å². The number of allylic oxidation sites excluding steroid dienone is 2. The van der Waals surface area contributed by atoms with Gasteiger partial charge in [-0.15, -0.1) is 0 Å². The quantitative estimate of drug-likeness (QED) is 0.793. The molecule has 2 aliphatic carbocycles. The van der Waals surface area contributed by atoms with Crippen molar-refractivity contribution in [1.82, 2.24) is 0 Å². The first-order valence-electron chi connectivity index (χ1n) is 8.13. The zero-order valence-corrected chi connectivity index (χ0v) is 13.3. The maximum absolute atomic E-state index is 12.6. The molecule has 0 aromatic heterocycles. The SMILES string of the molecule is Cc1cc(C)c(NC(=O)[C@@H]2[C@H]3/C=C\CCCC[C@H]32)c(C)c1. The van der Waals surface area contributed by atoms with E-state index < -0.39 is 0 Å². The number of nitrogens with one attached hydrogen (secondary N) is 1. The van der Waals surface area contributed by atoms with Gasteiger partial charge in [0.1, 0.15) is 0 Å². The molecule has 2 nitrogen and oxygen atoms in total. The molecule has 0 heterocycles. The van der Waals surface area contributed by atoms with Gasteiger partial charge in [-0.3, -0.25) is 4.79 Å². The van der Waals surface area contributed by atoms with Crippen LogP contribution in [0.5, 0.6) is 0 Å². The van der Waals surface area contributed by atoms with Crippen molar-refractivity contribution in [2.75, 3.05) is 5.32 Å². The summed E-state index contributed by atoms with van der Waals surface area (Å²) in [6, 6.07) is 4.27. The summed E-state index contributed by atoms with van der Waals surface area (Å²) in [5.74, 6) is 1.47. The van der Waals surface area contributed by atoms with Crippen molar-refractivity contribution in [3.63, 3.8) is 0 Å². The molecule has 0 bridgehead atoms. The minimum Gasteiger partial charge on any atom is -0.325 e. The molecule has 1 aromatic rings. The second-order valence-electron chi connectivity index (χ2n) is 6.74. The fraction of sp³-hybridized carbons (Fsp3) is 0.526. The summed E-state index contributed by atoms with van der Waals surface area (Å²) in [5.41, 5.74) is 4.58. The Balaban J connectivity index is 1.73. The Bertz CT molecular complexity index is 564. The largest absolute Gasteiger partial charge is 0.325 e. The predicted octanol–water partition coefficient (Wildman–Crippen LogP) is 4.54. The van der Waals surface area contributed by atoms with Crippen LogP contribution in [0, 0.1) is 38.5 Å². The standard InChI is InChI=1S/C19H25NO/c1-12-10-13(2)18(14(3)11-12)20-19(21)17-15-8-6-4-5-7-9-16(15)17/h6,8,10-11,15-17H,4-5,7,9H2,1-3H3,(H,20,21)/b8-6-/t15-,16+,17+/m0/s1. The van der Waals surface area contributed by atoms with Gasteiger partial charge >= 0.3 is 0 Å². The van der Waals surface area contributed by atoms with Crippen molar-refractivity contribution in [3.8, 4) is 0 Å². The van der Waals surface area contributed by atoms with E-state index >= 15 is 0 Å². The van der Waals surface area contributed by atoms with Crippen LogP contribution in [0.25, 0.3) is 0 Å². The Morgan fingerprint density at radius 1 is 1.14 bits per heavy atom. The van der Waals surface area contributed by atoms with Crippen LogP contribution in [0.4, 0.5) is 5.69 Å². The molecule has 0 aliphatic heterocycles. The zero-order valence-electron chi connectivity index (χ0n) is 13.3. The highest BCUT2D eigenvalue weighted by atomic mass is 16.2. The van der Waals surface area contributed by atoms with Gasteiger partial charge in [-0.25, -0.2) is 0 Å². The third-order valence-corrected chi connectivity index (χ3v) is 4.97. The molecular formula is C19H25NO. The minimum atomic E-state index is 0.194. The number of fused-ring (bicyclic) bond motifs is 1. The topological polar surface area (TPSA) is 29.1 Å². The van der Waals surface area contributed by atoms with Gasteiger partial charge in [0.25, 0.3) is 0 Å². The molecule has 3 rings (SSSR count). The van der Waals surface area contributed by atoms with Crippen molar-refractivity contribution >= 4 is 11.6 Å². The number of carbonyl (C=O) groups excluding carboxylic acids is 1. The number of anilines is 1. The monoisotopic (exact) mass is 283 g/mol. The highest BCUT2D eigenvalue weighted by Gasteiger charge is 2.52. The van der Waals surface area contributed by atoms with Gasteiger partial charge in [0.15, 0.2) is 0 Å². The van der Waals surface area contributed by atoms with E-state index in [2.05, 4.69) is 50.4 Å². The fourth-order valence-electron chi connectivity index (χ4n) is 3.88. The van der Waals surface area contributed by atoms with Gasteiger partial charge in [0.05, 0.1) is 0 Å². The number of benzene rings is 1. The van der Waals surface area contributed by atoms with Crippen molar-refractivity contribution in [1.29, 1.82) is 0 Å². The molecule has 0 saturated heterocycles. The molecule has 112 valence electrons. The van der Waals surface area contributed by atoms with Crippen molar-refractivity contribution in [2.24, 2.45) is 17.8 Å². The molecule has 0 unspecified atom stereocenters. The molecule has 1 saturated carbocycles. The van der Waals surface area contributed by atoms with E-state index in [9.17, 15) is 4.79 Å². The van der Waals surface area contributed by atoms with Crippen LogP contribution < -0.4 is 5.32 Å². The first kappa shape index (κ1) is 14.4. The third kappa shape index (κ3) is 2.90. The summed E-state index contributed by atoms with van der Waals surface area (Å²) in [6.07, 6.45) is 9.46. The van der Waals surface area contributed by atoms with Gasteiger partial charge in [0, 0.05) is 11.6 Å². The Morgan fingerprint density at radius 2 is 1.86 bits per heavy atom. The molecule has 3 atom stereocenters. The van der Waals surface area contributed by atoms with Crippen LogP contribution in [-0.2, 0) is 4.79 Å².